The van der Waals surface area contributed by atoms with Gasteiger partial charge in [-0.2, -0.15) is 5.10 Å². The lowest BCUT2D eigenvalue weighted by Gasteiger charge is -2.45. The third-order valence-corrected chi connectivity index (χ3v) is 3.67. The maximum atomic E-state index is 5.76. The van der Waals surface area contributed by atoms with Crippen LogP contribution in [0.3, 0.4) is 0 Å². The summed E-state index contributed by atoms with van der Waals surface area (Å²) < 4.78 is 0. The second-order valence-corrected chi connectivity index (χ2v) is 4.59. The molecule has 2 bridgehead atoms. The van der Waals surface area contributed by atoms with Crippen LogP contribution in [-0.4, -0.2) is 40.8 Å². The number of nitrogens with one attached hydrogen (secondary N) is 2. The van der Waals surface area contributed by atoms with E-state index in [1.807, 2.05) is 0 Å². The Balaban J connectivity index is 1.71. The number of aromatic nitrogens is 2. The highest BCUT2D eigenvalue weighted by molar-refractivity contribution is 5.60. The lowest BCUT2D eigenvalue weighted by atomic mass is 9.84. The van der Waals surface area contributed by atoms with Gasteiger partial charge in [-0.05, 0) is 31.8 Å². The SMILES string of the molecule is Nc1[nH]ncc1NC1CN2CCC1CC2. The second-order valence-electron chi connectivity index (χ2n) is 4.59. The quantitative estimate of drug-likeness (QED) is 0.660. The predicted molar refractivity (Wildman–Crippen MR) is 59.6 cm³/mol. The first-order chi connectivity index (χ1) is 7.33. The van der Waals surface area contributed by atoms with Gasteiger partial charge in [0.05, 0.1) is 11.9 Å². The Morgan fingerprint density at radius 3 is 2.80 bits per heavy atom. The molecule has 82 valence electrons. The topological polar surface area (TPSA) is 70.0 Å². The van der Waals surface area contributed by atoms with Crippen molar-refractivity contribution in [1.29, 1.82) is 0 Å². The highest BCUT2D eigenvalue weighted by Crippen LogP contribution is 2.30. The molecule has 3 fully saturated rings. The van der Waals surface area contributed by atoms with Gasteiger partial charge in [0.2, 0.25) is 0 Å². The smallest absolute Gasteiger partial charge is 0.142 e. The normalized spacial score (nSPS) is 34.3. The summed E-state index contributed by atoms with van der Waals surface area (Å²) in [7, 11) is 0. The van der Waals surface area contributed by atoms with Crippen LogP contribution in [0.2, 0.25) is 0 Å². The number of nitrogens with two attached hydrogens (primary N) is 1. The van der Waals surface area contributed by atoms with Gasteiger partial charge in [0.25, 0.3) is 0 Å². The number of fused-ring (bicyclic) bond motifs is 3. The van der Waals surface area contributed by atoms with Crippen molar-refractivity contribution in [2.45, 2.75) is 18.9 Å². The molecule has 1 atom stereocenters. The molecule has 1 aromatic rings. The average Bonchev–Trinajstić information content (AvgIpc) is 2.66. The monoisotopic (exact) mass is 207 g/mol. The van der Waals surface area contributed by atoms with E-state index >= 15 is 0 Å². The highest BCUT2D eigenvalue weighted by atomic mass is 15.2. The van der Waals surface area contributed by atoms with Crippen LogP contribution in [0, 0.1) is 5.92 Å². The van der Waals surface area contributed by atoms with Gasteiger partial charge in [0, 0.05) is 12.6 Å². The molecule has 0 aromatic carbocycles. The van der Waals surface area contributed by atoms with E-state index in [0.717, 1.165) is 18.2 Å². The highest BCUT2D eigenvalue weighted by Gasteiger charge is 2.34. The number of anilines is 2. The van der Waals surface area contributed by atoms with Gasteiger partial charge in [0.1, 0.15) is 5.82 Å². The van der Waals surface area contributed by atoms with E-state index in [1.54, 1.807) is 6.20 Å². The van der Waals surface area contributed by atoms with E-state index in [0.29, 0.717) is 11.9 Å². The molecule has 4 heterocycles. The van der Waals surface area contributed by atoms with E-state index in [4.69, 9.17) is 5.73 Å². The fourth-order valence-corrected chi connectivity index (χ4v) is 2.74. The van der Waals surface area contributed by atoms with Gasteiger partial charge in [-0.3, -0.25) is 5.10 Å². The molecule has 0 saturated carbocycles. The zero-order valence-corrected chi connectivity index (χ0v) is 8.74. The van der Waals surface area contributed by atoms with Gasteiger partial charge in [0.15, 0.2) is 0 Å². The molecule has 5 nitrogen and oxygen atoms in total. The molecule has 0 spiro atoms. The van der Waals surface area contributed by atoms with Crippen molar-refractivity contribution in [2.24, 2.45) is 5.92 Å². The van der Waals surface area contributed by atoms with Gasteiger partial charge in [-0.1, -0.05) is 0 Å². The molecule has 4 rings (SSSR count). The molecule has 3 aliphatic rings. The minimum atomic E-state index is 0.549. The molecule has 0 aliphatic carbocycles. The maximum Gasteiger partial charge on any atom is 0.142 e. The van der Waals surface area contributed by atoms with Crippen molar-refractivity contribution in [3.8, 4) is 0 Å². The summed E-state index contributed by atoms with van der Waals surface area (Å²) >= 11 is 0. The van der Waals surface area contributed by atoms with Gasteiger partial charge in [-0.25, -0.2) is 0 Å². The first-order valence-corrected chi connectivity index (χ1v) is 5.60. The summed E-state index contributed by atoms with van der Waals surface area (Å²) in [6.45, 7) is 3.68. The van der Waals surface area contributed by atoms with E-state index < -0.39 is 0 Å². The zero-order chi connectivity index (χ0) is 10.3. The fraction of sp³-hybridized carbons (Fsp3) is 0.700. The van der Waals surface area contributed by atoms with Gasteiger partial charge in [-0.15, -0.1) is 0 Å². The van der Waals surface area contributed by atoms with Crippen molar-refractivity contribution < 1.29 is 0 Å². The molecule has 15 heavy (non-hydrogen) atoms. The standard InChI is InChI=1S/C10H17N5/c11-10-8(5-12-14-10)13-9-6-15-3-1-7(9)2-4-15/h5,7,9,13H,1-4,6H2,(H3,11,12,14). The van der Waals surface area contributed by atoms with Crippen LogP contribution >= 0.6 is 0 Å². The summed E-state index contributed by atoms with van der Waals surface area (Å²) in [5, 5.41) is 10.2. The van der Waals surface area contributed by atoms with Crippen molar-refractivity contribution in [3.63, 3.8) is 0 Å². The predicted octanol–water partition coefficient (Wildman–Crippen LogP) is 0.498. The van der Waals surface area contributed by atoms with Crippen LogP contribution in [0.1, 0.15) is 12.8 Å². The minimum absolute atomic E-state index is 0.549. The Morgan fingerprint density at radius 1 is 1.47 bits per heavy atom. The molecule has 0 radical (unpaired) electrons. The number of H-pyrrole nitrogens is 1. The molecule has 3 saturated heterocycles. The Hall–Kier alpha value is -1.23. The Bertz CT molecular complexity index is 339. The van der Waals surface area contributed by atoms with Crippen molar-refractivity contribution in [1.82, 2.24) is 15.1 Å². The molecular formula is C10H17N5. The van der Waals surface area contributed by atoms with Gasteiger partial charge >= 0.3 is 0 Å². The number of hydrogen-bond acceptors (Lipinski definition) is 4. The van der Waals surface area contributed by atoms with Crippen LogP contribution in [0.25, 0.3) is 0 Å². The summed E-state index contributed by atoms with van der Waals surface area (Å²) in [6.07, 6.45) is 4.40. The summed E-state index contributed by atoms with van der Waals surface area (Å²) in [5.41, 5.74) is 6.71. The Labute approximate surface area is 89.0 Å². The second kappa shape index (κ2) is 3.41. The van der Waals surface area contributed by atoms with Crippen LogP contribution < -0.4 is 11.1 Å². The molecular weight excluding hydrogens is 190 g/mol. The summed E-state index contributed by atoms with van der Waals surface area (Å²) in [6, 6.07) is 0.549. The first-order valence-electron chi connectivity index (χ1n) is 5.60. The van der Waals surface area contributed by atoms with Crippen LogP contribution in [-0.2, 0) is 0 Å². The largest absolute Gasteiger partial charge is 0.382 e. The molecule has 1 aromatic heterocycles. The molecule has 5 heteroatoms. The zero-order valence-electron chi connectivity index (χ0n) is 8.74. The minimum Gasteiger partial charge on any atom is -0.382 e. The molecule has 1 unspecified atom stereocenters. The first kappa shape index (κ1) is 9.03. The number of piperidine rings is 3. The van der Waals surface area contributed by atoms with Crippen molar-refractivity contribution in [3.05, 3.63) is 6.20 Å². The Kier molecular flexibility index (Phi) is 2.05. The number of nitrogen functional groups attached to an aromatic ring is 1. The third-order valence-electron chi connectivity index (χ3n) is 3.67. The van der Waals surface area contributed by atoms with Crippen LogP contribution in [0.4, 0.5) is 11.5 Å². The van der Waals surface area contributed by atoms with E-state index in [9.17, 15) is 0 Å². The lowest BCUT2D eigenvalue weighted by molar-refractivity contribution is 0.0975. The van der Waals surface area contributed by atoms with Crippen molar-refractivity contribution >= 4 is 11.5 Å². The maximum absolute atomic E-state index is 5.76. The van der Waals surface area contributed by atoms with E-state index in [1.165, 1.54) is 25.9 Å². The number of rotatable bonds is 2. The van der Waals surface area contributed by atoms with Crippen LogP contribution in [0.5, 0.6) is 0 Å². The summed E-state index contributed by atoms with van der Waals surface area (Å²) in [5.74, 6) is 1.45. The lowest BCUT2D eigenvalue weighted by Crippen LogP contribution is -2.53. The van der Waals surface area contributed by atoms with E-state index in [-0.39, 0.29) is 0 Å². The molecule has 0 amide bonds. The van der Waals surface area contributed by atoms with Crippen LogP contribution in [0.15, 0.2) is 6.20 Å². The molecule has 4 N–H and O–H groups in total. The average molecular weight is 207 g/mol. The van der Waals surface area contributed by atoms with Crippen molar-refractivity contribution in [2.75, 3.05) is 30.7 Å². The summed E-state index contributed by atoms with van der Waals surface area (Å²) in [4.78, 5) is 2.52. The van der Waals surface area contributed by atoms with E-state index in [2.05, 4.69) is 20.4 Å². The number of aromatic amines is 1. The fourth-order valence-electron chi connectivity index (χ4n) is 2.74. The molecule has 3 aliphatic heterocycles. The third kappa shape index (κ3) is 1.56. The number of nitrogens with zero attached hydrogens (tertiary/aromatic N) is 2. The Morgan fingerprint density at radius 2 is 2.27 bits per heavy atom. The number of hydrogen-bond donors (Lipinski definition) is 3. The van der Waals surface area contributed by atoms with Gasteiger partial charge < -0.3 is 16.0 Å².